The molecule has 7 N–H and O–H groups in total. The highest BCUT2D eigenvalue weighted by atomic mass is 16.4. The van der Waals surface area contributed by atoms with Crippen LogP contribution >= 0.6 is 0 Å². The number of hydrogen-bond acceptors (Lipinski definition) is 6. The summed E-state index contributed by atoms with van der Waals surface area (Å²) in [4.78, 5) is 32.8. The first-order valence-corrected chi connectivity index (χ1v) is 4.86. The van der Waals surface area contributed by atoms with E-state index in [0.717, 1.165) is 6.92 Å². The van der Waals surface area contributed by atoms with E-state index in [9.17, 15) is 19.5 Å². The normalized spacial score (nSPS) is 17.9. The predicted molar refractivity (Wildman–Crippen MR) is 56.1 cm³/mol. The quantitative estimate of drug-likeness (QED) is 0.320. The van der Waals surface area contributed by atoms with Crippen molar-refractivity contribution in [2.45, 2.75) is 37.5 Å². The number of aliphatic carboxylic acids is 2. The number of rotatable bonds is 7. The van der Waals surface area contributed by atoms with E-state index in [0.29, 0.717) is 0 Å². The molecule has 0 aromatic carbocycles. The Morgan fingerprint density at radius 1 is 1.29 bits per heavy atom. The highest BCUT2D eigenvalue weighted by Gasteiger charge is 2.48. The van der Waals surface area contributed by atoms with Gasteiger partial charge >= 0.3 is 11.9 Å². The number of carboxylic acid groups (broad SMARTS) is 2. The highest BCUT2D eigenvalue weighted by molar-refractivity contribution is 6.10. The molecule has 17 heavy (non-hydrogen) atoms. The molecule has 0 rings (SSSR count). The van der Waals surface area contributed by atoms with Gasteiger partial charge in [0.2, 0.25) is 5.54 Å². The van der Waals surface area contributed by atoms with Gasteiger partial charge in [-0.2, -0.15) is 0 Å². The van der Waals surface area contributed by atoms with Crippen molar-refractivity contribution in [3.8, 4) is 0 Å². The minimum Gasteiger partial charge on any atom is -0.481 e. The molecule has 8 nitrogen and oxygen atoms in total. The Labute approximate surface area is 97.2 Å². The smallest absolute Gasteiger partial charge is 0.334 e. The Hall–Kier alpha value is -1.51. The molecule has 0 aliphatic heterocycles. The molecule has 0 heterocycles. The number of nitrogens with two attached hydrogens (primary N) is 2. The fourth-order valence-electron chi connectivity index (χ4n) is 1.21. The van der Waals surface area contributed by atoms with E-state index < -0.39 is 35.4 Å². The Balaban J connectivity index is 4.86. The van der Waals surface area contributed by atoms with E-state index in [4.69, 9.17) is 21.7 Å². The van der Waals surface area contributed by atoms with Gasteiger partial charge in [-0.15, -0.1) is 0 Å². The second kappa shape index (κ2) is 5.71. The molecule has 0 amide bonds. The second-order valence-electron chi connectivity index (χ2n) is 3.75. The van der Waals surface area contributed by atoms with Crippen molar-refractivity contribution in [2.75, 3.05) is 0 Å². The van der Waals surface area contributed by atoms with Crippen molar-refractivity contribution < 1.29 is 29.7 Å². The van der Waals surface area contributed by atoms with Crippen LogP contribution in [0.2, 0.25) is 0 Å². The molecule has 0 aromatic heterocycles. The molecule has 0 radical (unpaired) electrons. The molecule has 0 aromatic rings. The molecule has 0 bridgehead atoms. The topological polar surface area (TPSA) is 164 Å². The van der Waals surface area contributed by atoms with Gasteiger partial charge in [-0.1, -0.05) is 0 Å². The van der Waals surface area contributed by atoms with Gasteiger partial charge in [-0.25, -0.2) is 4.79 Å². The first-order valence-electron chi connectivity index (χ1n) is 4.86. The summed E-state index contributed by atoms with van der Waals surface area (Å²) < 4.78 is 0. The molecule has 8 heteroatoms. The monoisotopic (exact) mass is 248 g/mol. The maximum absolute atomic E-state index is 11.7. The van der Waals surface area contributed by atoms with Crippen molar-refractivity contribution in [3.05, 3.63) is 0 Å². The van der Waals surface area contributed by atoms with E-state index >= 15 is 0 Å². The van der Waals surface area contributed by atoms with E-state index in [1.807, 2.05) is 0 Å². The minimum atomic E-state index is -2.52. The lowest BCUT2D eigenvalue weighted by molar-refractivity contribution is -0.153. The van der Waals surface area contributed by atoms with Gasteiger partial charge in [0.25, 0.3) is 0 Å². The van der Waals surface area contributed by atoms with Gasteiger partial charge in [0.15, 0.2) is 5.78 Å². The molecule has 0 saturated heterocycles. The number of aliphatic hydroxyl groups excluding tert-OH is 1. The van der Waals surface area contributed by atoms with Crippen LogP contribution < -0.4 is 11.5 Å². The summed E-state index contributed by atoms with van der Waals surface area (Å²) in [5.74, 6) is -3.97. The second-order valence-corrected chi connectivity index (χ2v) is 3.75. The third-order valence-electron chi connectivity index (χ3n) is 2.43. The summed E-state index contributed by atoms with van der Waals surface area (Å²) in [6.07, 6.45) is -2.27. The molecule has 3 atom stereocenters. The van der Waals surface area contributed by atoms with Crippen molar-refractivity contribution in [2.24, 2.45) is 11.5 Å². The molecule has 0 fully saturated rings. The summed E-state index contributed by atoms with van der Waals surface area (Å²) in [6.45, 7) is 1.05. The van der Waals surface area contributed by atoms with Crippen molar-refractivity contribution in [1.82, 2.24) is 0 Å². The third-order valence-corrected chi connectivity index (χ3v) is 2.43. The lowest BCUT2D eigenvalue weighted by atomic mass is 9.84. The molecule has 0 aliphatic carbocycles. The van der Waals surface area contributed by atoms with Crippen LogP contribution in [0.1, 0.15) is 19.8 Å². The summed E-state index contributed by atoms with van der Waals surface area (Å²) in [5.41, 5.74) is 8.15. The number of aliphatic hydroxyl groups is 1. The van der Waals surface area contributed by atoms with E-state index in [1.165, 1.54) is 0 Å². The van der Waals surface area contributed by atoms with Crippen molar-refractivity contribution in [3.63, 3.8) is 0 Å². The Kier molecular flexibility index (Phi) is 5.20. The zero-order valence-electron chi connectivity index (χ0n) is 9.29. The zero-order valence-corrected chi connectivity index (χ0v) is 9.29. The van der Waals surface area contributed by atoms with Crippen LogP contribution in [0, 0.1) is 0 Å². The fraction of sp³-hybridized carbons (Fsp3) is 0.667. The number of Topliss-reactive ketones (excluding diaryl/α,β-unsaturated/α-hetero) is 1. The Morgan fingerprint density at radius 2 is 1.76 bits per heavy atom. The van der Waals surface area contributed by atoms with Crippen LogP contribution in [0.25, 0.3) is 0 Å². The SMILES string of the molecule is CC(O)C(N)(C(=O)O)C(=O)C(N)CCC(=O)O. The molecular weight excluding hydrogens is 232 g/mol. The van der Waals surface area contributed by atoms with Crippen LogP contribution in [0.15, 0.2) is 0 Å². The zero-order chi connectivity index (χ0) is 13.8. The van der Waals surface area contributed by atoms with Crippen LogP contribution in [0.3, 0.4) is 0 Å². The number of carbonyl (C=O) groups is 3. The fourth-order valence-corrected chi connectivity index (χ4v) is 1.21. The Morgan fingerprint density at radius 3 is 2.06 bits per heavy atom. The number of carbonyl (C=O) groups excluding carboxylic acids is 1. The summed E-state index contributed by atoms with van der Waals surface area (Å²) in [5, 5.41) is 26.5. The standard InChI is InChI=1S/C9H16N2O6/c1-4(12)9(11,8(16)17)7(15)5(10)2-3-6(13)14/h4-5,12H,2-3,10-11H2,1H3,(H,13,14)(H,16,17). The third kappa shape index (κ3) is 3.48. The lowest BCUT2D eigenvalue weighted by Gasteiger charge is -2.28. The molecule has 0 aliphatic rings. The van der Waals surface area contributed by atoms with Crippen molar-refractivity contribution in [1.29, 1.82) is 0 Å². The van der Waals surface area contributed by atoms with E-state index in [1.54, 1.807) is 0 Å². The van der Waals surface area contributed by atoms with Gasteiger partial charge in [-0.3, -0.25) is 9.59 Å². The first kappa shape index (κ1) is 15.5. The van der Waals surface area contributed by atoms with Crippen LogP contribution in [0.4, 0.5) is 0 Å². The number of hydrogen-bond donors (Lipinski definition) is 5. The summed E-state index contributed by atoms with van der Waals surface area (Å²) in [7, 11) is 0. The lowest BCUT2D eigenvalue weighted by Crippen LogP contribution is -2.66. The van der Waals surface area contributed by atoms with Gasteiger partial charge < -0.3 is 26.8 Å². The van der Waals surface area contributed by atoms with Gasteiger partial charge in [0.05, 0.1) is 12.1 Å². The molecule has 0 saturated carbocycles. The van der Waals surface area contributed by atoms with Gasteiger partial charge in [0, 0.05) is 6.42 Å². The average molecular weight is 248 g/mol. The summed E-state index contributed by atoms with van der Waals surface area (Å²) in [6, 6.07) is -1.35. The van der Waals surface area contributed by atoms with Crippen LogP contribution in [0.5, 0.6) is 0 Å². The maximum atomic E-state index is 11.7. The number of carboxylic acids is 2. The molecule has 0 spiro atoms. The maximum Gasteiger partial charge on any atom is 0.334 e. The van der Waals surface area contributed by atoms with Gasteiger partial charge in [0.1, 0.15) is 0 Å². The average Bonchev–Trinajstić information content (AvgIpc) is 2.22. The van der Waals surface area contributed by atoms with Gasteiger partial charge in [-0.05, 0) is 13.3 Å². The van der Waals surface area contributed by atoms with Crippen LogP contribution in [-0.2, 0) is 14.4 Å². The number of ketones is 1. The van der Waals surface area contributed by atoms with Crippen LogP contribution in [-0.4, -0.2) is 50.7 Å². The molecule has 3 unspecified atom stereocenters. The first-order chi connectivity index (χ1) is 7.63. The highest BCUT2D eigenvalue weighted by Crippen LogP contribution is 2.13. The molecular formula is C9H16N2O6. The van der Waals surface area contributed by atoms with Crippen molar-refractivity contribution >= 4 is 17.7 Å². The van der Waals surface area contributed by atoms with E-state index in [2.05, 4.69) is 0 Å². The largest absolute Gasteiger partial charge is 0.481 e. The predicted octanol–water partition coefficient (Wildman–Crippen LogP) is -2.09. The molecule has 98 valence electrons. The van der Waals surface area contributed by atoms with E-state index in [-0.39, 0.29) is 12.8 Å². The minimum absolute atomic E-state index is 0.243. The Bertz CT molecular complexity index is 329. The summed E-state index contributed by atoms with van der Waals surface area (Å²) >= 11 is 0.